The van der Waals surface area contributed by atoms with Crippen LogP contribution in [0.5, 0.6) is 0 Å². The van der Waals surface area contributed by atoms with Crippen LogP contribution in [0.2, 0.25) is 0 Å². The average molecular weight is 469 g/mol. The number of aromatic nitrogens is 1. The number of amides is 2. The monoisotopic (exact) mass is 469 g/mol. The molecule has 0 unspecified atom stereocenters. The lowest BCUT2D eigenvalue weighted by atomic mass is 9.93. The SMILES string of the molecule is Cc1ccoc1C(=O)N1C[C@@H]2[C@@H](CNC(=O)c3ccncc3)CO[C@@H]2C1.O=C(O)C(F)(F)F. The zero-order valence-electron chi connectivity index (χ0n) is 17.5. The van der Waals surface area contributed by atoms with E-state index in [9.17, 15) is 22.8 Å². The highest BCUT2D eigenvalue weighted by Gasteiger charge is 2.45. The van der Waals surface area contributed by atoms with Gasteiger partial charge in [0.25, 0.3) is 11.8 Å². The van der Waals surface area contributed by atoms with E-state index in [-0.39, 0.29) is 29.8 Å². The quantitative estimate of drug-likeness (QED) is 0.704. The van der Waals surface area contributed by atoms with Gasteiger partial charge in [0.05, 0.1) is 19.0 Å². The van der Waals surface area contributed by atoms with Crippen LogP contribution in [0, 0.1) is 18.8 Å². The number of hydrogen-bond donors (Lipinski definition) is 2. The summed E-state index contributed by atoms with van der Waals surface area (Å²) in [6.45, 7) is 4.19. The van der Waals surface area contributed by atoms with Gasteiger partial charge in [-0.15, -0.1) is 0 Å². The maximum Gasteiger partial charge on any atom is 0.490 e. The molecule has 4 rings (SSSR count). The van der Waals surface area contributed by atoms with Gasteiger partial charge < -0.3 is 24.5 Å². The van der Waals surface area contributed by atoms with Crippen LogP contribution >= 0.6 is 0 Å². The summed E-state index contributed by atoms with van der Waals surface area (Å²) in [5.74, 6) is -2.15. The molecule has 33 heavy (non-hydrogen) atoms. The second-order valence-corrected chi connectivity index (χ2v) is 7.69. The van der Waals surface area contributed by atoms with Crippen molar-refractivity contribution in [3.05, 3.63) is 53.7 Å². The molecule has 2 aliphatic heterocycles. The van der Waals surface area contributed by atoms with Gasteiger partial charge in [-0.25, -0.2) is 4.79 Å². The normalized spacial score (nSPS) is 21.7. The second kappa shape index (κ2) is 10.0. The molecule has 2 aliphatic rings. The van der Waals surface area contributed by atoms with Crippen LogP contribution in [-0.4, -0.2) is 71.3 Å². The first kappa shape index (κ1) is 24.2. The van der Waals surface area contributed by atoms with E-state index >= 15 is 0 Å². The fourth-order valence-corrected chi connectivity index (χ4v) is 3.74. The van der Waals surface area contributed by atoms with E-state index in [0.717, 1.165) is 5.56 Å². The number of nitrogens with zero attached hydrogens (tertiary/aromatic N) is 2. The maximum absolute atomic E-state index is 12.6. The van der Waals surface area contributed by atoms with E-state index in [1.807, 2.05) is 6.92 Å². The Morgan fingerprint density at radius 1 is 1.21 bits per heavy atom. The van der Waals surface area contributed by atoms with Crippen molar-refractivity contribution in [3.8, 4) is 0 Å². The standard InChI is InChI=1S/C19H21N3O4.C2HF3O2/c1-12-4-7-25-17(12)19(24)22-9-15-14(11-26-16(15)10-22)8-21-18(23)13-2-5-20-6-3-13;3-2(4,5)1(6)7/h2-7,14-16H,8-11H2,1H3,(H,21,23);(H,6,7)/t14-,15+,16+;/m0./s1. The number of rotatable bonds is 4. The summed E-state index contributed by atoms with van der Waals surface area (Å²) in [6, 6.07) is 5.16. The number of hydrogen-bond acceptors (Lipinski definition) is 6. The molecule has 4 heterocycles. The van der Waals surface area contributed by atoms with E-state index in [4.69, 9.17) is 19.1 Å². The Hall–Kier alpha value is -3.41. The van der Waals surface area contributed by atoms with Crippen LogP contribution in [0.3, 0.4) is 0 Å². The highest BCUT2D eigenvalue weighted by molar-refractivity contribution is 5.94. The Kier molecular flexibility index (Phi) is 7.36. The number of aliphatic carboxylic acids is 1. The molecule has 0 bridgehead atoms. The van der Waals surface area contributed by atoms with Crippen LogP contribution in [0.1, 0.15) is 26.5 Å². The maximum atomic E-state index is 12.6. The predicted molar refractivity (Wildman–Crippen MR) is 106 cm³/mol. The molecule has 2 fully saturated rings. The van der Waals surface area contributed by atoms with E-state index < -0.39 is 12.1 Å². The fourth-order valence-electron chi connectivity index (χ4n) is 3.74. The number of carboxylic acid groups (broad SMARTS) is 1. The topological polar surface area (TPSA) is 122 Å². The Bertz CT molecular complexity index is 995. The minimum absolute atomic E-state index is 0.0250. The first-order chi connectivity index (χ1) is 15.6. The second-order valence-electron chi connectivity index (χ2n) is 7.69. The molecule has 3 atom stereocenters. The van der Waals surface area contributed by atoms with Crippen molar-refractivity contribution in [3.63, 3.8) is 0 Å². The molecule has 0 saturated carbocycles. The number of nitrogens with one attached hydrogen (secondary N) is 1. The van der Waals surface area contributed by atoms with Crippen molar-refractivity contribution < 1.29 is 41.8 Å². The van der Waals surface area contributed by atoms with E-state index in [1.54, 1.807) is 35.5 Å². The Balaban J connectivity index is 0.000000383. The average Bonchev–Trinajstić information content (AvgIpc) is 3.48. The zero-order valence-corrected chi connectivity index (χ0v) is 17.5. The van der Waals surface area contributed by atoms with E-state index in [2.05, 4.69) is 10.3 Å². The van der Waals surface area contributed by atoms with Gasteiger partial charge in [0.1, 0.15) is 0 Å². The molecule has 12 heteroatoms. The van der Waals surface area contributed by atoms with E-state index in [0.29, 0.717) is 37.6 Å². The molecule has 0 radical (unpaired) electrons. The Labute approximate surface area is 186 Å². The largest absolute Gasteiger partial charge is 0.490 e. The first-order valence-electron chi connectivity index (χ1n) is 10.0. The van der Waals surface area contributed by atoms with Gasteiger partial charge in [0.15, 0.2) is 5.76 Å². The number of alkyl halides is 3. The van der Waals surface area contributed by atoms with Crippen LogP contribution < -0.4 is 5.32 Å². The van der Waals surface area contributed by atoms with Gasteiger partial charge in [-0.2, -0.15) is 13.2 Å². The van der Waals surface area contributed by atoms with Crippen LogP contribution in [0.4, 0.5) is 13.2 Å². The number of aryl methyl sites for hydroxylation is 1. The summed E-state index contributed by atoms with van der Waals surface area (Å²) in [5.41, 5.74) is 1.43. The number of ether oxygens (including phenoxy) is 1. The predicted octanol–water partition coefficient (Wildman–Crippen LogP) is 2.13. The molecule has 0 aliphatic carbocycles. The summed E-state index contributed by atoms with van der Waals surface area (Å²) in [4.78, 5) is 39.4. The summed E-state index contributed by atoms with van der Waals surface area (Å²) < 4.78 is 42.9. The third-order valence-electron chi connectivity index (χ3n) is 5.49. The molecule has 2 saturated heterocycles. The molecule has 2 amide bonds. The van der Waals surface area contributed by atoms with Gasteiger partial charge in [0, 0.05) is 55.0 Å². The molecule has 0 aromatic carbocycles. The number of furan rings is 1. The van der Waals surface area contributed by atoms with Crippen LogP contribution in [0.25, 0.3) is 0 Å². The number of fused-ring (bicyclic) bond motifs is 1. The third kappa shape index (κ3) is 5.89. The van der Waals surface area contributed by atoms with Crippen molar-refractivity contribution in [2.45, 2.75) is 19.2 Å². The molecule has 0 spiro atoms. The number of carbonyl (C=O) groups is 3. The van der Waals surface area contributed by atoms with E-state index in [1.165, 1.54) is 6.26 Å². The van der Waals surface area contributed by atoms with Gasteiger partial charge in [-0.3, -0.25) is 14.6 Å². The smallest absolute Gasteiger partial charge is 0.475 e. The molecule has 2 N–H and O–H groups in total. The van der Waals surface area contributed by atoms with Gasteiger partial charge in [0.2, 0.25) is 0 Å². The van der Waals surface area contributed by atoms with Crippen molar-refractivity contribution in [1.29, 1.82) is 0 Å². The highest BCUT2D eigenvalue weighted by Crippen LogP contribution is 2.34. The molecular weight excluding hydrogens is 447 g/mol. The van der Waals surface area contributed by atoms with Crippen LogP contribution in [0.15, 0.2) is 41.3 Å². The number of carbonyl (C=O) groups excluding carboxylic acids is 2. The molecule has 178 valence electrons. The Morgan fingerprint density at radius 3 is 2.45 bits per heavy atom. The molecule has 2 aromatic rings. The van der Waals surface area contributed by atoms with Crippen LogP contribution in [-0.2, 0) is 9.53 Å². The summed E-state index contributed by atoms with van der Waals surface area (Å²) in [5, 5.41) is 10.1. The fraction of sp³-hybridized carbons (Fsp3) is 0.429. The van der Waals surface area contributed by atoms with Crippen molar-refractivity contribution in [2.24, 2.45) is 11.8 Å². The van der Waals surface area contributed by atoms with Crippen molar-refractivity contribution >= 4 is 17.8 Å². The lowest BCUT2D eigenvalue weighted by Crippen LogP contribution is -2.35. The third-order valence-corrected chi connectivity index (χ3v) is 5.49. The number of carboxylic acids is 1. The van der Waals surface area contributed by atoms with Crippen molar-refractivity contribution in [2.75, 3.05) is 26.2 Å². The number of pyridine rings is 1. The first-order valence-corrected chi connectivity index (χ1v) is 10.0. The summed E-state index contributed by atoms with van der Waals surface area (Å²) in [7, 11) is 0. The number of likely N-dealkylation sites (tertiary alicyclic amines) is 1. The number of halogens is 3. The zero-order chi connectivity index (χ0) is 24.2. The highest BCUT2D eigenvalue weighted by atomic mass is 19.4. The minimum atomic E-state index is -5.08. The molecule has 2 aromatic heterocycles. The minimum Gasteiger partial charge on any atom is -0.475 e. The van der Waals surface area contributed by atoms with Gasteiger partial charge in [-0.05, 0) is 25.1 Å². The molecular formula is C21H22F3N3O6. The summed E-state index contributed by atoms with van der Waals surface area (Å²) in [6.07, 6.45) is -0.327. The lowest BCUT2D eigenvalue weighted by Gasteiger charge is -2.19. The summed E-state index contributed by atoms with van der Waals surface area (Å²) >= 11 is 0. The van der Waals surface area contributed by atoms with Crippen molar-refractivity contribution in [1.82, 2.24) is 15.2 Å². The van der Waals surface area contributed by atoms with Gasteiger partial charge >= 0.3 is 12.1 Å². The molecule has 9 nitrogen and oxygen atoms in total. The van der Waals surface area contributed by atoms with Gasteiger partial charge in [-0.1, -0.05) is 0 Å². The Morgan fingerprint density at radius 2 is 1.88 bits per heavy atom. The lowest BCUT2D eigenvalue weighted by molar-refractivity contribution is -0.192.